The summed E-state index contributed by atoms with van der Waals surface area (Å²) in [5, 5.41) is 8.01. The van der Waals surface area contributed by atoms with E-state index in [0.717, 1.165) is 49.8 Å². The number of likely N-dealkylation sites (tertiary alicyclic amines) is 1. The third-order valence-electron chi connectivity index (χ3n) is 6.01. The summed E-state index contributed by atoms with van der Waals surface area (Å²) in [6.07, 6.45) is 6.31. The average molecular weight is 410 g/mol. The number of fused-ring (bicyclic) bond motifs is 1. The van der Waals surface area contributed by atoms with Crippen LogP contribution >= 0.6 is 0 Å². The van der Waals surface area contributed by atoms with Gasteiger partial charge in [0.1, 0.15) is 11.6 Å². The van der Waals surface area contributed by atoms with E-state index < -0.39 is 0 Å². The van der Waals surface area contributed by atoms with Crippen LogP contribution < -0.4 is 0 Å². The quantitative estimate of drug-likeness (QED) is 0.650. The van der Waals surface area contributed by atoms with Crippen molar-refractivity contribution in [3.05, 3.63) is 53.0 Å². The van der Waals surface area contributed by atoms with Gasteiger partial charge in [0.2, 0.25) is 11.7 Å². The zero-order chi connectivity index (χ0) is 20.5. The number of nitrogens with zero attached hydrogens (tertiary/aromatic N) is 4. The molecule has 1 aromatic carbocycles. The highest BCUT2D eigenvalue weighted by Crippen LogP contribution is 2.28. The molecule has 0 radical (unpaired) electrons. The van der Waals surface area contributed by atoms with Gasteiger partial charge in [0, 0.05) is 31.5 Å². The number of carbonyl (C=O) groups is 1. The van der Waals surface area contributed by atoms with E-state index in [1.165, 1.54) is 6.07 Å². The first kappa shape index (κ1) is 19.0. The molecule has 1 amide bonds. The Kier molecular flexibility index (Phi) is 5.06. The standard InChI is InChI=1S/C22H23FN4O3/c23-17-9-3-1-7-15(17)21-24-19(30-26-21)12-14-6-5-11-27(13-14)22(28)20-16-8-2-4-10-18(16)29-25-20/h1,3,7,9,14H,2,4-6,8,10-13H2/t14-/m0/s1. The van der Waals surface area contributed by atoms with Crippen LogP contribution in [-0.2, 0) is 19.3 Å². The van der Waals surface area contributed by atoms with Crippen LogP contribution in [-0.4, -0.2) is 39.2 Å². The topological polar surface area (TPSA) is 85.3 Å². The maximum atomic E-state index is 14.0. The minimum atomic E-state index is -0.379. The summed E-state index contributed by atoms with van der Waals surface area (Å²) in [7, 11) is 0. The lowest BCUT2D eigenvalue weighted by Crippen LogP contribution is -2.41. The van der Waals surface area contributed by atoms with Gasteiger partial charge in [0.05, 0.1) is 5.56 Å². The fourth-order valence-electron chi connectivity index (χ4n) is 4.46. The van der Waals surface area contributed by atoms with E-state index in [1.54, 1.807) is 18.2 Å². The fraction of sp³-hybridized carbons (Fsp3) is 0.455. The molecule has 1 aliphatic carbocycles. The van der Waals surface area contributed by atoms with Gasteiger partial charge in [-0.05, 0) is 50.2 Å². The molecule has 2 aliphatic rings. The van der Waals surface area contributed by atoms with Crippen molar-refractivity contribution < 1.29 is 18.2 Å². The van der Waals surface area contributed by atoms with E-state index in [-0.39, 0.29) is 23.5 Å². The van der Waals surface area contributed by atoms with Gasteiger partial charge in [0.25, 0.3) is 5.91 Å². The third-order valence-corrected chi connectivity index (χ3v) is 6.01. The second-order valence-corrected chi connectivity index (χ2v) is 8.10. The Morgan fingerprint density at radius 3 is 2.90 bits per heavy atom. The van der Waals surface area contributed by atoms with Crippen molar-refractivity contribution in [3.8, 4) is 11.4 Å². The Labute approximate surface area is 173 Å². The van der Waals surface area contributed by atoms with Gasteiger partial charge < -0.3 is 13.9 Å². The van der Waals surface area contributed by atoms with Crippen LogP contribution in [0.2, 0.25) is 0 Å². The van der Waals surface area contributed by atoms with E-state index >= 15 is 0 Å². The molecule has 7 nitrogen and oxygen atoms in total. The minimum Gasteiger partial charge on any atom is -0.360 e. The molecule has 2 aromatic heterocycles. The zero-order valence-electron chi connectivity index (χ0n) is 16.6. The molecule has 0 N–H and O–H groups in total. The highest BCUT2D eigenvalue weighted by Gasteiger charge is 2.31. The number of aromatic nitrogens is 3. The molecule has 30 heavy (non-hydrogen) atoms. The number of hydrogen-bond acceptors (Lipinski definition) is 6. The lowest BCUT2D eigenvalue weighted by Gasteiger charge is -2.31. The van der Waals surface area contributed by atoms with E-state index in [1.807, 2.05) is 4.90 Å². The third kappa shape index (κ3) is 3.62. The van der Waals surface area contributed by atoms with Crippen LogP contribution in [0.25, 0.3) is 11.4 Å². The Morgan fingerprint density at radius 2 is 2.00 bits per heavy atom. The summed E-state index contributed by atoms with van der Waals surface area (Å²) in [6.45, 7) is 1.32. The van der Waals surface area contributed by atoms with E-state index in [2.05, 4.69) is 15.3 Å². The second-order valence-electron chi connectivity index (χ2n) is 8.10. The van der Waals surface area contributed by atoms with Crippen molar-refractivity contribution in [1.82, 2.24) is 20.2 Å². The number of amides is 1. The largest absolute Gasteiger partial charge is 0.360 e. The van der Waals surface area contributed by atoms with Gasteiger partial charge in [-0.15, -0.1) is 0 Å². The Hall–Kier alpha value is -3.03. The fourth-order valence-corrected chi connectivity index (χ4v) is 4.46. The molecule has 3 heterocycles. The molecule has 0 unspecified atom stereocenters. The summed E-state index contributed by atoms with van der Waals surface area (Å²) in [5.74, 6) is 1.36. The summed E-state index contributed by atoms with van der Waals surface area (Å²) in [6, 6.07) is 6.36. The second kappa shape index (κ2) is 8.01. The first-order valence-corrected chi connectivity index (χ1v) is 10.5. The van der Waals surface area contributed by atoms with Gasteiger partial charge in [-0.1, -0.05) is 22.4 Å². The molecule has 1 aliphatic heterocycles. The average Bonchev–Trinajstić information content (AvgIpc) is 3.41. The molecule has 8 heteroatoms. The van der Waals surface area contributed by atoms with Gasteiger partial charge in [0.15, 0.2) is 5.69 Å². The lowest BCUT2D eigenvalue weighted by atomic mass is 9.93. The van der Waals surface area contributed by atoms with Crippen LogP contribution in [0.1, 0.15) is 53.4 Å². The Balaban J connectivity index is 1.27. The molecule has 156 valence electrons. The van der Waals surface area contributed by atoms with Crippen LogP contribution in [0.5, 0.6) is 0 Å². The van der Waals surface area contributed by atoms with Gasteiger partial charge in [-0.25, -0.2) is 4.39 Å². The van der Waals surface area contributed by atoms with Gasteiger partial charge in [-0.2, -0.15) is 4.98 Å². The molecular formula is C22H23FN4O3. The smallest absolute Gasteiger partial charge is 0.276 e. The normalized spacial score (nSPS) is 19.0. The first-order chi connectivity index (χ1) is 14.7. The predicted molar refractivity (Wildman–Crippen MR) is 105 cm³/mol. The summed E-state index contributed by atoms with van der Waals surface area (Å²) >= 11 is 0. The van der Waals surface area contributed by atoms with Crippen molar-refractivity contribution in [2.75, 3.05) is 13.1 Å². The van der Waals surface area contributed by atoms with Gasteiger partial charge >= 0.3 is 0 Å². The number of aryl methyl sites for hydroxylation is 1. The molecule has 1 fully saturated rings. The SMILES string of the molecule is O=C(c1noc2c1CCCC2)N1CCC[C@@H](Cc2nc(-c3ccccc3F)no2)C1. The van der Waals surface area contributed by atoms with Crippen molar-refractivity contribution in [2.45, 2.75) is 44.9 Å². The van der Waals surface area contributed by atoms with Crippen molar-refractivity contribution in [2.24, 2.45) is 5.92 Å². The summed E-state index contributed by atoms with van der Waals surface area (Å²) in [4.78, 5) is 19.3. The molecule has 0 bridgehead atoms. The number of carbonyl (C=O) groups excluding carboxylic acids is 1. The maximum absolute atomic E-state index is 14.0. The number of piperidine rings is 1. The van der Waals surface area contributed by atoms with Crippen molar-refractivity contribution in [1.29, 1.82) is 0 Å². The Bertz CT molecular complexity index is 1060. The predicted octanol–water partition coefficient (Wildman–Crippen LogP) is 3.84. The number of hydrogen-bond donors (Lipinski definition) is 0. The van der Waals surface area contributed by atoms with Crippen LogP contribution in [0, 0.1) is 11.7 Å². The molecule has 1 atom stereocenters. The molecular weight excluding hydrogens is 387 g/mol. The molecule has 5 rings (SSSR count). The van der Waals surface area contributed by atoms with E-state index in [9.17, 15) is 9.18 Å². The van der Waals surface area contributed by atoms with Crippen LogP contribution in [0.3, 0.4) is 0 Å². The number of halogens is 1. The highest BCUT2D eigenvalue weighted by atomic mass is 19.1. The maximum Gasteiger partial charge on any atom is 0.276 e. The van der Waals surface area contributed by atoms with Gasteiger partial charge in [-0.3, -0.25) is 4.79 Å². The van der Waals surface area contributed by atoms with Crippen LogP contribution in [0.15, 0.2) is 33.3 Å². The molecule has 1 saturated heterocycles. The van der Waals surface area contributed by atoms with Crippen molar-refractivity contribution in [3.63, 3.8) is 0 Å². The lowest BCUT2D eigenvalue weighted by molar-refractivity contribution is 0.0656. The molecule has 0 spiro atoms. The molecule has 0 saturated carbocycles. The van der Waals surface area contributed by atoms with Crippen molar-refractivity contribution >= 4 is 5.91 Å². The highest BCUT2D eigenvalue weighted by molar-refractivity contribution is 5.94. The van der Waals surface area contributed by atoms with E-state index in [4.69, 9.17) is 9.05 Å². The number of benzene rings is 1. The minimum absolute atomic E-state index is 0.0517. The van der Waals surface area contributed by atoms with E-state index in [0.29, 0.717) is 36.7 Å². The monoisotopic (exact) mass is 410 g/mol. The molecule has 3 aromatic rings. The summed E-state index contributed by atoms with van der Waals surface area (Å²) < 4.78 is 24.7. The Morgan fingerprint density at radius 1 is 1.13 bits per heavy atom. The first-order valence-electron chi connectivity index (χ1n) is 10.5. The number of rotatable bonds is 4. The van der Waals surface area contributed by atoms with Crippen LogP contribution in [0.4, 0.5) is 4.39 Å². The zero-order valence-corrected chi connectivity index (χ0v) is 16.6. The summed E-state index contributed by atoms with van der Waals surface area (Å²) in [5.41, 5.74) is 1.79.